The molecular formula is C12H23N5O. The van der Waals surface area contributed by atoms with E-state index in [4.69, 9.17) is 0 Å². The Balaban J connectivity index is 2.41. The molecule has 0 aliphatic carbocycles. The van der Waals surface area contributed by atoms with Gasteiger partial charge < -0.3 is 10.2 Å². The Morgan fingerprint density at radius 2 is 2.06 bits per heavy atom. The van der Waals surface area contributed by atoms with Gasteiger partial charge in [-0.25, -0.2) is 4.98 Å². The van der Waals surface area contributed by atoms with Crippen LogP contribution in [0.4, 0.5) is 0 Å². The maximum atomic E-state index is 11.8. The van der Waals surface area contributed by atoms with Crippen molar-refractivity contribution in [1.82, 2.24) is 25.4 Å². The van der Waals surface area contributed by atoms with Crippen molar-refractivity contribution in [3.63, 3.8) is 0 Å². The van der Waals surface area contributed by atoms with E-state index in [1.807, 2.05) is 20.9 Å². The number of carbonyl (C=O) groups excluding carboxylic acids is 1. The monoisotopic (exact) mass is 253 g/mol. The molecule has 102 valence electrons. The second kappa shape index (κ2) is 6.49. The highest BCUT2D eigenvalue weighted by Crippen LogP contribution is 2.07. The third kappa shape index (κ3) is 4.10. The van der Waals surface area contributed by atoms with E-state index in [1.54, 1.807) is 0 Å². The Labute approximate surface area is 108 Å². The number of hydrogen-bond acceptors (Lipinski definition) is 4. The van der Waals surface area contributed by atoms with Gasteiger partial charge in [-0.05, 0) is 20.9 Å². The summed E-state index contributed by atoms with van der Waals surface area (Å²) in [4.78, 5) is 18.1. The lowest BCUT2D eigenvalue weighted by Crippen LogP contribution is -2.36. The number of carbonyl (C=O) groups is 1. The molecule has 1 rings (SSSR count). The molecule has 6 nitrogen and oxygen atoms in total. The molecule has 0 bridgehead atoms. The van der Waals surface area contributed by atoms with E-state index in [1.165, 1.54) is 0 Å². The summed E-state index contributed by atoms with van der Waals surface area (Å²) in [7, 11) is 2.03. The summed E-state index contributed by atoms with van der Waals surface area (Å²) < 4.78 is 0. The van der Waals surface area contributed by atoms with E-state index in [0.29, 0.717) is 12.6 Å². The third-order valence-electron chi connectivity index (χ3n) is 2.88. The molecule has 1 amide bonds. The average Bonchev–Trinajstić information content (AvgIpc) is 2.77. The van der Waals surface area contributed by atoms with Gasteiger partial charge in [0.2, 0.25) is 5.82 Å². The van der Waals surface area contributed by atoms with Gasteiger partial charge in [0.1, 0.15) is 5.82 Å². The van der Waals surface area contributed by atoms with Gasteiger partial charge in [-0.15, -0.1) is 5.10 Å². The standard InChI is InChI=1S/C12H23N5O/c1-8(2)10-14-11(16-15-10)12(18)13-6-7-17(5)9(3)4/h8-9H,6-7H2,1-5H3,(H,13,18)(H,14,15,16). The first-order chi connectivity index (χ1) is 8.41. The maximum Gasteiger partial charge on any atom is 0.291 e. The lowest BCUT2D eigenvalue weighted by Gasteiger charge is -2.20. The Morgan fingerprint density at radius 3 is 2.56 bits per heavy atom. The molecule has 1 heterocycles. The van der Waals surface area contributed by atoms with Crippen molar-refractivity contribution in [3.05, 3.63) is 11.6 Å². The molecule has 0 radical (unpaired) electrons. The molecule has 1 aromatic rings. The fraction of sp³-hybridized carbons (Fsp3) is 0.750. The van der Waals surface area contributed by atoms with E-state index in [9.17, 15) is 4.79 Å². The van der Waals surface area contributed by atoms with Crippen LogP contribution >= 0.6 is 0 Å². The van der Waals surface area contributed by atoms with Crippen LogP contribution < -0.4 is 5.32 Å². The first-order valence-electron chi connectivity index (χ1n) is 6.32. The highest BCUT2D eigenvalue weighted by atomic mass is 16.2. The van der Waals surface area contributed by atoms with E-state index in [0.717, 1.165) is 12.4 Å². The van der Waals surface area contributed by atoms with Crippen molar-refractivity contribution >= 4 is 5.91 Å². The van der Waals surface area contributed by atoms with Crippen molar-refractivity contribution in [2.45, 2.75) is 39.7 Å². The zero-order valence-electron chi connectivity index (χ0n) is 11.8. The summed E-state index contributed by atoms with van der Waals surface area (Å²) in [6.45, 7) is 9.64. The summed E-state index contributed by atoms with van der Waals surface area (Å²) in [6, 6.07) is 0.470. The van der Waals surface area contributed by atoms with Crippen LogP contribution in [0, 0.1) is 0 Å². The molecule has 0 atom stereocenters. The first-order valence-corrected chi connectivity index (χ1v) is 6.32. The Kier molecular flexibility index (Phi) is 5.27. The third-order valence-corrected chi connectivity index (χ3v) is 2.88. The van der Waals surface area contributed by atoms with Gasteiger partial charge in [-0.2, -0.15) is 0 Å². The maximum absolute atomic E-state index is 11.8. The molecule has 18 heavy (non-hydrogen) atoms. The molecule has 0 saturated heterocycles. The second-order valence-corrected chi connectivity index (χ2v) is 5.03. The average molecular weight is 253 g/mol. The summed E-state index contributed by atoms with van der Waals surface area (Å²) in [5, 5.41) is 9.49. The van der Waals surface area contributed by atoms with Crippen molar-refractivity contribution in [3.8, 4) is 0 Å². The second-order valence-electron chi connectivity index (χ2n) is 5.03. The number of H-pyrrole nitrogens is 1. The van der Waals surface area contributed by atoms with Crippen LogP contribution in [0.1, 0.15) is 50.1 Å². The molecular weight excluding hydrogens is 230 g/mol. The van der Waals surface area contributed by atoms with Gasteiger partial charge in [-0.1, -0.05) is 13.8 Å². The highest BCUT2D eigenvalue weighted by Gasteiger charge is 2.13. The van der Waals surface area contributed by atoms with Gasteiger partial charge in [-0.3, -0.25) is 9.89 Å². The van der Waals surface area contributed by atoms with Gasteiger partial charge >= 0.3 is 0 Å². The minimum Gasteiger partial charge on any atom is -0.348 e. The van der Waals surface area contributed by atoms with Gasteiger partial charge in [0, 0.05) is 25.0 Å². The summed E-state index contributed by atoms with van der Waals surface area (Å²) in [5.74, 6) is 0.965. The first kappa shape index (κ1) is 14.6. The van der Waals surface area contributed by atoms with E-state index in [2.05, 4.69) is 39.2 Å². The molecule has 0 fully saturated rings. The SMILES string of the molecule is CC(C)c1nc(C(=O)NCCN(C)C(C)C)n[nH]1. The Hall–Kier alpha value is -1.43. The molecule has 0 spiro atoms. The predicted molar refractivity (Wildman–Crippen MR) is 70.6 cm³/mol. The minimum atomic E-state index is -0.227. The van der Waals surface area contributed by atoms with E-state index < -0.39 is 0 Å². The number of nitrogens with zero attached hydrogens (tertiary/aromatic N) is 3. The molecule has 0 saturated carbocycles. The summed E-state index contributed by atoms with van der Waals surface area (Å²) in [6.07, 6.45) is 0. The molecule has 0 unspecified atom stereocenters. The van der Waals surface area contributed by atoms with Crippen LogP contribution in [-0.2, 0) is 0 Å². The number of nitrogens with one attached hydrogen (secondary N) is 2. The van der Waals surface area contributed by atoms with Gasteiger partial charge in [0.25, 0.3) is 5.91 Å². The van der Waals surface area contributed by atoms with Crippen LogP contribution in [0.5, 0.6) is 0 Å². The largest absolute Gasteiger partial charge is 0.348 e. The number of aromatic amines is 1. The number of rotatable bonds is 6. The number of aromatic nitrogens is 3. The molecule has 0 aliphatic heterocycles. The Bertz CT molecular complexity index is 386. The fourth-order valence-corrected chi connectivity index (χ4v) is 1.32. The molecule has 1 aromatic heterocycles. The lowest BCUT2D eigenvalue weighted by atomic mass is 10.2. The van der Waals surface area contributed by atoms with Crippen LogP contribution in [-0.4, -0.2) is 52.2 Å². The number of hydrogen-bond donors (Lipinski definition) is 2. The highest BCUT2D eigenvalue weighted by molar-refractivity contribution is 5.90. The zero-order chi connectivity index (χ0) is 13.7. The van der Waals surface area contributed by atoms with Crippen LogP contribution in [0.15, 0.2) is 0 Å². The van der Waals surface area contributed by atoms with Gasteiger partial charge in [0.15, 0.2) is 0 Å². The van der Waals surface area contributed by atoms with E-state index in [-0.39, 0.29) is 17.6 Å². The smallest absolute Gasteiger partial charge is 0.291 e. The van der Waals surface area contributed by atoms with Crippen LogP contribution in [0.25, 0.3) is 0 Å². The predicted octanol–water partition coefficient (Wildman–Crippen LogP) is 0.998. The van der Waals surface area contributed by atoms with Crippen molar-refractivity contribution in [2.75, 3.05) is 20.1 Å². The quantitative estimate of drug-likeness (QED) is 0.793. The van der Waals surface area contributed by atoms with Crippen molar-refractivity contribution < 1.29 is 4.79 Å². The molecule has 6 heteroatoms. The van der Waals surface area contributed by atoms with E-state index >= 15 is 0 Å². The van der Waals surface area contributed by atoms with Crippen molar-refractivity contribution in [2.24, 2.45) is 0 Å². The summed E-state index contributed by atoms with van der Waals surface area (Å²) in [5.41, 5.74) is 0. The minimum absolute atomic E-state index is 0.214. The normalized spacial score (nSPS) is 11.6. The fourth-order valence-electron chi connectivity index (χ4n) is 1.32. The van der Waals surface area contributed by atoms with Gasteiger partial charge in [0.05, 0.1) is 0 Å². The summed E-state index contributed by atoms with van der Waals surface area (Å²) >= 11 is 0. The molecule has 0 aromatic carbocycles. The number of amides is 1. The van der Waals surface area contributed by atoms with Crippen LogP contribution in [0.2, 0.25) is 0 Å². The lowest BCUT2D eigenvalue weighted by molar-refractivity contribution is 0.0938. The topological polar surface area (TPSA) is 73.9 Å². The zero-order valence-corrected chi connectivity index (χ0v) is 11.8. The number of likely N-dealkylation sites (N-methyl/N-ethyl adjacent to an activating group) is 1. The van der Waals surface area contributed by atoms with Crippen molar-refractivity contribution in [1.29, 1.82) is 0 Å². The molecule has 0 aliphatic rings. The molecule has 2 N–H and O–H groups in total. The van der Waals surface area contributed by atoms with Crippen LogP contribution in [0.3, 0.4) is 0 Å². The Morgan fingerprint density at radius 1 is 1.39 bits per heavy atom.